The monoisotopic (exact) mass is 195 g/mol. The van der Waals surface area contributed by atoms with E-state index in [1.807, 2.05) is 6.07 Å². The summed E-state index contributed by atoms with van der Waals surface area (Å²) in [6, 6.07) is 6.15. The van der Waals surface area contributed by atoms with E-state index in [2.05, 4.69) is 0 Å². The van der Waals surface area contributed by atoms with Gasteiger partial charge in [-0.25, -0.2) is 8.78 Å². The summed E-state index contributed by atoms with van der Waals surface area (Å²) in [6.07, 6.45) is 0.0282. The quantitative estimate of drug-likeness (QED) is 0.711. The molecule has 0 unspecified atom stereocenters. The van der Waals surface area contributed by atoms with E-state index < -0.39 is 11.5 Å². The zero-order valence-corrected chi connectivity index (χ0v) is 8.14. The van der Waals surface area contributed by atoms with Crippen molar-refractivity contribution in [1.29, 1.82) is 5.26 Å². The molecule has 0 N–H and O–H groups in total. The Kier molecular flexibility index (Phi) is 2.85. The Morgan fingerprint density at radius 2 is 2.07 bits per heavy atom. The molecule has 0 aromatic heterocycles. The van der Waals surface area contributed by atoms with Gasteiger partial charge in [0.1, 0.15) is 11.5 Å². The van der Waals surface area contributed by atoms with Gasteiger partial charge in [0.05, 0.1) is 12.5 Å². The van der Waals surface area contributed by atoms with Crippen molar-refractivity contribution in [1.82, 2.24) is 0 Å². The molecular weight excluding hydrogens is 184 g/mol. The summed E-state index contributed by atoms with van der Waals surface area (Å²) in [5.41, 5.74) is -1.35. The third-order valence-corrected chi connectivity index (χ3v) is 1.96. The van der Waals surface area contributed by atoms with Crippen LogP contribution in [0.5, 0.6) is 0 Å². The lowest BCUT2D eigenvalue weighted by Gasteiger charge is -2.18. The second kappa shape index (κ2) is 3.75. The molecule has 0 aliphatic heterocycles. The molecule has 0 atom stereocenters. The molecule has 0 saturated carbocycles. The number of nitriles is 1. The number of halogens is 2. The van der Waals surface area contributed by atoms with Crippen LogP contribution in [0.15, 0.2) is 18.2 Å². The molecule has 74 valence electrons. The zero-order valence-electron chi connectivity index (χ0n) is 8.14. The Morgan fingerprint density at radius 3 is 2.57 bits per heavy atom. The van der Waals surface area contributed by atoms with Gasteiger partial charge in [-0.15, -0.1) is 0 Å². The van der Waals surface area contributed by atoms with Crippen LogP contribution >= 0.6 is 0 Å². The Hall–Kier alpha value is -1.43. The molecule has 0 amide bonds. The summed E-state index contributed by atoms with van der Waals surface area (Å²) in [5.74, 6) is -0.592. The SMILES string of the molecule is CC(C)(F)c1c(F)cccc1CC#N. The Balaban J connectivity index is 3.31. The van der Waals surface area contributed by atoms with Gasteiger partial charge in [0.25, 0.3) is 0 Å². The molecule has 0 heterocycles. The molecule has 0 radical (unpaired) electrons. The van der Waals surface area contributed by atoms with Crippen LogP contribution in [0, 0.1) is 17.1 Å². The van der Waals surface area contributed by atoms with E-state index in [0.717, 1.165) is 0 Å². The number of hydrogen-bond acceptors (Lipinski definition) is 1. The second-order valence-electron chi connectivity index (χ2n) is 3.58. The number of alkyl halides is 1. The first-order valence-electron chi connectivity index (χ1n) is 4.30. The number of rotatable bonds is 2. The molecule has 1 rings (SSSR count). The van der Waals surface area contributed by atoms with Crippen molar-refractivity contribution in [2.45, 2.75) is 25.9 Å². The Morgan fingerprint density at radius 1 is 1.43 bits per heavy atom. The third kappa shape index (κ3) is 2.08. The van der Waals surface area contributed by atoms with Crippen LogP contribution in [0.2, 0.25) is 0 Å². The minimum absolute atomic E-state index is 0.0125. The van der Waals surface area contributed by atoms with Gasteiger partial charge in [-0.2, -0.15) is 5.26 Å². The van der Waals surface area contributed by atoms with Gasteiger partial charge in [-0.3, -0.25) is 0 Å². The van der Waals surface area contributed by atoms with E-state index in [9.17, 15) is 8.78 Å². The maximum atomic E-state index is 13.6. The predicted molar refractivity (Wildman–Crippen MR) is 49.9 cm³/mol. The minimum Gasteiger partial charge on any atom is -0.239 e. The first kappa shape index (κ1) is 10.6. The van der Waals surface area contributed by atoms with Crippen LogP contribution in [0.3, 0.4) is 0 Å². The fraction of sp³-hybridized carbons (Fsp3) is 0.364. The highest BCUT2D eigenvalue weighted by molar-refractivity contribution is 5.34. The summed E-state index contributed by atoms with van der Waals surface area (Å²) in [4.78, 5) is 0. The van der Waals surface area contributed by atoms with Gasteiger partial charge in [-0.1, -0.05) is 12.1 Å². The Labute approximate surface area is 82.0 Å². The molecule has 1 aromatic carbocycles. The average Bonchev–Trinajstić information content (AvgIpc) is 2.02. The van der Waals surface area contributed by atoms with Crippen LogP contribution in [-0.2, 0) is 12.1 Å². The van der Waals surface area contributed by atoms with Crippen molar-refractivity contribution >= 4 is 0 Å². The largest absolute Gasteiger partial charge is 0.239 e. The van der Waals surface area contributed by atoms with E-state index >= 15 is 0 Å². The number of benzene rings is 1. The first-order valence-corrected chi connectivity index (χ1v) is 4.30. The molecule has 0 saturated heterocycles. The van der Waals surface area contributed by atoms with Crippen LogP contribution < -0.4 is 0 Å². The minimum atomic E-state index is -1.75. The second-order valence-corrected chi connectivity index (χ2v) is 3.58. The lowest BCUT2D eigenvalue weighted by molar-refractivity contribution is 0.212. The van der Waals surface area contributed by atoms with Crippen molar-refractivity contribution in [2.24, 2.45) is 0 Å². The number of nitrogens with zero attached hydrogens (tertiary/aromatic N) is 1. The standard InChI is InChI=1S/C11H11F2N/c1-11(2,13)10-8(6-7-14)4-3-5-9(10)12/h3-5H,6H2,1-2H3. The van der Waals surface area contributed by atoms with Gasteiger partial charge < -0.3 is 0 Å². The maximum Gasteiger partial charge on any atom is 0.133 e. The lowest BCUT2D eigenvalue weighted by Crippen LogP contribution is -2.14. The predicted octanol–water partition coefficient (Wildman–Crippen LogP) is 3.10. The molecule has 0 aliphatic carbocycles. The molecule has 0 bridgehead atoms. The Bertz CT molecular complexity index is 372. The van der Waals surface area contributed by atoms with E-state index in [4.69, 9.17) is 5.26 Å². The summed E-state index contributed by atoms with van der Waals surface area (Å²) in [6.45, 7) is 2.57. The molecule has 1 aromatic rings. The van der Waals surface area contributed by atoms with Crippen LogP contribution in [0.4, 0.5) is 8.78 Å². The highest BCUT2D eigenvalue weighted by Crippen LogP contribution is 2.30. The van der Waals surface area contributed by atoms with Gasteiger partial charge in [0, 0.05) is 5.56 Å². The summed E-state index contributed by atoms with van der Waals surface area (Å²) < 4.78 is 26.9. The van der Waals surface area contributed by atoms with E-state index in [0.29, 0.717) is 5.56 Å². The summed E-state index contributed by atoms with van der Waals surface area (Å²) in [5, 5.41) is 8.51. The van der Waals surface area contributed by atoms with Crippen LogP contribution in [0.1, 0.15) is 25.0 Å². The zero-order chi connectivity index (χ0) is 10.8. The van der Waals surface area contributed by atoms with Crippen molar-refractivity contribution in [3.63, 3.8) is 0 Å². The highest BCUT2D eigenvalue weighted by atomic mass is 19.1. The van der Waals surface area contributed by atoms with Gasteiger partial charge in [0.15, 0.2) is 0 Å². The van der Waals surface area contributed by atoms with Crippen LogP contribution in [-0.4, -0.2) is 0 Å². The van der Waals surface area contributed by atoms with Gasteiger partial charge in [-0.05, 0) is 25.5 Å². The lowest BCUT2D eigenvalue weighted by atomic mass is 9.93. The average molecular weight is 195 g/mol. The van der Waals surface area contributed by atoms with E-state index in [-0.39, 0.29) is 12.0 Å². The summed E-state index contributed by atoms with van der Waals surface area (Å²) >= 11 is 0. The molecule has 0 fully saturated rings. The summed E-state index contributed by atoms with van der Waals surface area (Å²) in [7, 11) is 0. The third-order valence-electron chi connectivity index (χ3n) is 1.96. The fourth-order valence-corrected chi connectivity index (χ4v) is 1.47. The number of hydrogen-bond donors (Lipinski definition) is 0. The normalized spacial score (nSPS) is 11.1. The molecule has 1 nitrogen and oxygen atoms in total. The first-order chi connectivity index (χ1) is 6.46. The van der Waals surface area contributed by atoms with E-state index in [1.54, 1.807) is 6.07 Å². The van der Waals surface area contributed by atoms with Crippen molar-refractivity contribution < 1.29 is 8.78 Å². The fourth-order valence-electron chi connectivity index (χ4n) is 1.47. The van der Waals surface area contributed by atoms with Crippen LogP contribution in [0.25, 0.3) is 0 Å². The smallest absolute Gasteiger partial charge is 0.133 e. The van der Waals surface area contributed by atoms with Gasteiger partial charge >= 0.3 is 0 Å². The van der Waals surface area contributed by atoms with E-state index in [1.165, 1.54) is 26.0 Å². The maximum absolute atomic E-state index is 13.6. The molecular formula is C11H11F2N. The topological polar surface area (TPSA) is 23.8 Å². The molecule has 3 heteroatoms. The molecule has 0 aliphatic rings. The van der Waals surface area contributed by atoms with Gasteiger partial charge in [0.2, 0.25) is 0 Å². The van der Waals surface area contributed by atoms with Crippen molar-refractivity contribution in [3.8, 4) is 6.07 Å². The highest BCUT2D eigenvalue weighted by Gasteiger charge is 2.25. The van der Waals surface area contributed by atoms with Crippen molar-refractivity contribution in [3.05, 3.63) is 35.1 Å². The molecule has 14 heavy (non-hydrogen) atoms. The van der Waals surface area contributed by atoms with Crippen molar-refractivity contribution in [2.75, 3.05) is 0 Å². The molecule has 0 spiro atoms.